The summed E-state index contributed by atoms with van der Waals surface area (Å²) in [6.45, 7) is 13.0. The van der Waals surface area contributed by atoms with Crippen LogP contribution in [0.4, 0.5) is 0 Å². The highest BCUT2D eigenvalue weighted by Gasteiger charge is 2.40. The van der Waals surface area contributed by atoms with Crippen LogP contribution in [0.15, 0.2) is 18.2 Å². The van der Waals surface area contributed by atoms with E-state index in [1.165, 1.54) is 29.7 Å². The lowest BCUT2D eigenvalue weighted by atomic mass is 10.0. The Morgan fingerprint density at radius 1 is 1.23 bits per heavy atom. The van der Waals surface area contributed by atoms with Crippen LogP contribution >= 0.6 is 0 Å². The Balaban J connectivity index is 1.62. The molecule has 2 aliphatic rings. The summed E-state index contributed by atoms with van der Waals surface area (Å²) in [5.74, 6) is 0.157. The molecule has 2 fully saturated rings. The molecule has 6 nitrogen and oxygen atoms in total. The van der Waals surface area contributed by atoms with Crippen molar-refractivity contribution in [2.24, 2.45) is 0 Å². The van der Waals surface area contributed by atoms with Crippen molar-refractivity contribution in [1.29, 1.82) is 0 Å². The first-order chi connectivity index (χ1) is 15.0. The van der Waals surface area contributed by atoms with Crippen molar-refractivity contribution < 1.29 is 9.53 Å². The molecule has 6 heteroatoms. The second-order valence-electron chi connectivity index (χ2n) is 9.31. The summed E-state index contributed by atoms with van der Waals surface area (Å²) in [7, 11) is 1.67. The van der Waals surface area contributed by atoms with Gasteiger partial charge in [-0.2, -0.15) is 0 Å². The van der Waals surface area contributed by atoms with Gasteiger partial charge >= 0.3 is 0 Å². The molecule has 1 aromatic carbocycles. The van der Waals surface area contributed by atoms with Gasteiger partial charge in [0.25, 0.3) is 0 Å². The van der Waals surface area contributed by atoms with Gasteiger partial charge < -0.3 is 20.3 Å². The Bertz CT molecular complexity index is 703. The molecule has 1 amide bonds. The van der Waals surface area contributed by atoms with Gasteiger partial charge in [-0.15, -0.1) is 0 Å². The predicted molar refractivity (Wildman–Crippen MR) is 126 cm³/mol. The third-order valence-electron chi connectivity index (χ3n) is 6.90. The minimum Gasteiger partial charge on any atom is -0.383 e. The van der Waals surface area contributed by atoms with Gasteiger partial charge in [-0.05, 0) is 70.3 Å². The molecular weight excluding hydrogens is 388 g/mol. The van der Waals surface area contributed by atoms with Gasteiger partial charge in [0.2, 0.25) is 5.91 Å². The molecule has 2 heterocycles. The van der Waals surface area contributed by atoms with E-state index in [1.807, 2.05) is 0 Å². The number of carbonyl (C=O) groups is 1. The zero-order valence-electron chi connectivity index (χ0n) is 20.0. The summed E-state index contributed by atoms with van der Waals surface area (Å²) in [6, 6.07) is 7.43. The number of carbonyl (C=O) groups excluding carboxylic acids is 1. The maximum atomic E-state index is 13.0. The Kier molecular flexibility index (Phi) is 9.32. The fourth-order valence-corrected chi connectivity index (χ4v) is 5.10. The van der Waals surface area contributed by atoms with Crippen molar-refractivity contribution in [3.63, 3.8) is 0 Å². The number of nitrogens with one attached hydrogen (secondary N) is 2. The second-order valence-corrected chi connectivity index (χ2v) is 9.31. The molecule has 2 aliphatic heterocycles. The Morgan fingerprint density at radius 2 is 2.00 bits per heavy atom. The lowest BCUT2D eigenvalue weighted by molar-refractivity contribution is -0.126. The van der Waals surface area contributed by atoms with Gasteiger partial charge in [-0.25, -0.2) is 0 Å². The molecule has 174 valence electrons. The van der Waals surface area contributed by atoms with E-state index in [1.54, 1.807) is 7.11 Å². The van der Waals surface area contributed by atoms with E-state index in [0.717, 1.165) is 45.4 Å². The molecule has 0 radical (unpaired) electrons. The minimum atomic E-state index is -0.0457. The number of piperidine rings is 1. The summed E-state index contributed by atoms with van der Waals surface area (Å²) in [6.07, 6.45) is 4.40. The van der Waals surface area contributed by atoms with Crippen molar-refractivity contribution in [3.8, 4) is 0 Å². The average Bonchev–Trinajstić information content (AvgIpc) is 3.20. The minimum absolute atomic E-state index is 0.0457. The molecule has 1 aromatic rings. The van der Waals surface area contributed by atoms with Gasteiger partial charge in [-0.1, -0.05) is 30.7 Å². The topological polar surface area (TPSA) is 56.8 Å². The third kappa shape index (κ3) is 6.75. The number of hydrogen-bond acceptors (Lipinski definition) is 5. The molecule has 2 N–H and O–H groups in total. The molecule has 3 rings (SSSR count). The number of rotatable bonds is 10. The smallest absolute Gasteiger partial charge is 0.237 e. The molecular formula is C25H42N4O2. The van der Waals surface area contributed by atoms with E-state index >= 15 is 0 Å². The van der Waals surface area contributed by atoms with Crippen LogP contribution in [0.25, 0.3) is 0 Å². The predicted octanol–water partition coefficient (Wildman–Crippen LogP) is 2.47. The van der Waals surface area contributed by atoms with E-state index < -0.39 is 0 Å². The standard InChI is InChI=1S/C25H42N4O2/c1-5-11-28-12-8-23(9-13-28)29-18-22(16-24(29)25(30)26-10-14-31-4)27-17-21-15-19(2)6-7-20(21)3/h6-7,15,22-24,27H,5,8-14,16-18H2,1-4H3,(H,26,30)/t22-,24+/m1/s1. The first-order valence-electron chi connectivity index (χ1n) is 12.1. The molecule has 0 saturated carbocycles. The maximum absolute atomic E-state index is 13.0. The first-order valence-corrected chi connectivity index (χ1v) is 12.1. The molecule has 0 aliphatic carbocycles. The van der Waals surface area contributed by atoms with Crippen molar-refractivity contribution in [2.75, 3.05) is 46.4 Å². The quantitative estimate of drug-likeness (QED) is 0.559. The first kappa shape index (κ1) is 24.2. The Morgan fingerprint density at radius 3 is 2.71 bits per heavy atom. The highest BCUT2D eigenvalue weighted by atomic mass is 16.5. The largest absolute Gasteiger partial charge is 0.383 e. The van der Waals surface area contributed by atoms with Crippen LogP contribution in [0, 0.1) is 13.8 Å². The SMILES string of the molecule is CCCN1CCC(N2C[C@H](NCc3cc(C)ccc3C)C[C@H]2C(=O)NCCOC)CC1. The van der Waals surface area contributed by atoms with Gasteiger partial charge in [0.15, 0.2) is 0 Å². The number of nitrogens with zero attached hydrogens (tertiary/aromatic N) is 2. The van der Waals surface area contributed by atoms with Crippen LogP contribution in [-0.4, -0.2) is 80.3 Å². The van der Waals surface area contributed by atoms with Crippen LogP contribution in [-0.2, 0) is 16.1 Å². The van der Waals surface area contributed by atoms with E-state index in [9.17, 15) is 4.79 Å². The Hall–Kier alpha value is -1.47. The highest BCUT2D eigenvalue weighted by Crippen LogP contribution is 2.27. The van der Waals surface area contributed by atoms with Gasteiger partial charge in [-0.3, -0.25) is 9.69 Å². The van der Waals surface area contributed by atoms with Gasteiger partial charge in [0.05, 0.1) is 12.6 Å². The highest BCUT2D eigenvalue weighted by molar-refractivity contribution is 5.82. The van der Waals surface area contributed by atoms with E-state index in [4.69, 9.17) is 4.74 Å². The number of methoxy groups -OCH3 is 1. The second kappa shape index (κ2) is 12.0. The van der Waals surface area contributed by atoms with Gasteiger partial charge in [0.1, 0.15) is 0 Å². The molecule has 0 aromatic heterocycles. The van der Waals surface area contributed by atoms with Crippen molar-refractivity contribution >= 4 is 5.91 Å². The molecule has 0 bridgehead atoms. The third-order valence-corrected chi connectivity index (χ3v) is 6.90. The number of ether oxygens (including phenoxy) is 1. The number of amides is 1. The summed E-state index contributed by atoms with van der Waals surface area (Å²) in [5, 5.41) is 6.85. The average molecular weight is 431 g/mol. The summed E-state index contributed by atoms with van der Waals surface area (Å²) in [4.78, 5) is 18.1. The van der Waals surface area contributed by atoms with Crippen LogP contribution in [0.1, 0.15) is 49.3 Å². The van der Waals surface area contributed by atoms with E-state index in [-0.39, 0.29) is 11.9 Å². The monoisotopic (exact) mass is 430 g/mol. The van der Waals surface area contributed by atoms with Crippen LogP contribution in [0.5, 0.6) is 0 Å². The van der Waals surface area contributed by atoms with Crippen LogP contribution in [0.2, 0.25) is 0 Å². The molecule has 2 atom stereocenters. The summed E-state index contributed by atoms with van der Waals surface area (Å²) in [5.41, 5.74) is 3.97. The zero-order chi connectivity index (χ0) is 22.2. The van der Waals surface area contributed by atoms with Gasteiger partial charge in [0, 0.05) is 38.8 Å². The fourth-order valence-electron chi connectivity index (χ4n) is 5.10. The number of benzene rings is 1. The lowest BCUT2D eigenvalue weighted by Crippen LogP contribution is -2.51. The molecule has 0 unspecified atom stereocenters. The summed E-state index contributed by atoms with van der Waals surface area (Å²) < 4.78 is 5.12. The van der Waals surface area contributed by atoms with E-state index in [0.29, 0.717) is 25.2 Å². The number of likely N-dealkylation sites (tertiary alicyclic amines) is 2. The van der Waals surface area contributed by atoms with Crippen molar-refractivity contribution in [3.05, 3.63) is 34.9 Å². The van der Waals surface area contributed by atoms with Crippen LogP contribution in [0.3, 0.4) is 0 Å². The molecule has 2 saturated heterocycles. The zero-order valence-corrected chi connectivity index (χ0v) is 20.0. The normalized spacial score (nSPS) is 23.4. The van der Waals surface area contributed by atoms with Crippen molar-refractivity contribution in [2.45, 2.75) is 71.1 Å². The van der Waals surface area contributed by atoms with E-state index in [2.05, 4.69) is 59.4 Å². The fraction of sp³-hybridized carbons (Fsp3) is 0.720. The molecule has 0 spiro atoms. The Labute approximate surface area is 188 Å². The molecule has 31 heavy (non-hydrogen) atoms. The van der Waals surface area contributed by atoms with Crippen molar-refractivity contribution in [1.82, 2.24) is 20.4 Å². The maximum Gasteiger partial charge on any atom is 0.237 e. The van der Waals surface area contributed by atoms with Crippen LogP contribution < -0.4 is 10.6 Å². The number of aryl methyl sites for hydroxylation is 2. The number of hydrogen-bond donors (Lipinski definition) is 2. The summed E-state index contributed by atoms with van der Waals surface area (Å²) >= 11 is 0. The lowest BCUT2D eigenvalue weighted by Gasteiger charge is -2.39.